The molecule has 1 aliphatic rings. The Morgan fingerprint density at radius 2 is 1.81 bits per heavy atom. The number of piperidine rings is 1. The molecule has 2 aromatic heterocycles. The number of nitrogens with zero attached hydrogens (tertiary/aromatic N) is 4. The van der Waals surface area contributed by atoms with Crippen LogP contribution in [-0.2, 0) is 17.6 Å². The highest BCUT2D eigenvalue weighted by Crippen LogP contribution is 2.24. The number of hydrogen-bond donors (Lipinski definition) is 0. The van der Waals surface area contributed by atoms with Gasteiger partial charge in [-0.25, -0.2) is 0 Å². The minimum atomic E-state index is 0.0854. The summed E-state index contributed by atoms with van der Waals surface area (Å²) in [4.78, 5) is 26.9. The van der Waals surface area contributed by atoms with Gasteiger partial charge in [-0.1, -0.05) is 12.1 Å². The maximum absolute atomic E-state index is 12.5. The zero-order valence-corrected chi connectivity index (χ0v) is 17.4. The van der Waals surface area contributed by atoms with Gasteiger partial charge in [-0.05, 0) is 24.3 Å². The van der Waals surface area contributed by atoms with E-state index in [1.54, 1.807) is 24.8 Å². The molecule has 1 amide bonds. The van der Waals surface area contributed by atoms with Crippen LogP contribution in [0.2, 0.25) is 0 Å². The van der Waals surface area contributed by atoms with Crippen molar-refractivity contribution in [2.24, 2.45) is 0 Å². The van der Waals surface area contributed by atoms with Crippen molar-refractivity contribution in [1.29, 1.82) is 0 Å². The van der Waals surface area contributed by atoms with Gasteiger partial charge in [0, 0.05) is 68.9 Å². The van der Waals surface area contributed by atoms with E-state index in [2.05, 4.69) is 15.0 Å². The van der Waals surface area contributed by atoms with Crippen LogP contribution in [-0.4, -0.2) is 51.6 Å². The lowest BCUT2D eigenvalue weighted by molar-refractivity contribution is -0.132. The molecule has 0 atom stereocenters. The van der Waals surface area contributed by atoms with E-state index in [0.717, 1.165) is 36.5 Å². The van der Waals surface area contributed by atoms with Gasteiger partial charge in [-0.2, -0.15) is 0 Å². The molecule has 7 nitrogen and oxygen atoms in total. The molecule has 1 aromatic carbocycles. The van der Waals surface area contributed by atoms with Gasteiger partial charge in [0.1, 0.15) is 17.6 Å². The molecule has 3 heterocycles. The third kappa shape index (κ3) is 6.25. The summed E-state index contributed by atoms with van der Waals surface area (Å²) in [6.07, 6.45) is 9.39. The second-order valence-electron chi connectivity index (χ2n) is 7.47. The van der Waals surface area contributed by atoms with Gasteiger partial charge in [0.05, 0.1) is 18.7 Å². The summed E-state index contributed by atoms with van der Waals surface area (Å²) in [5.74, 6) is 1.66. The van der Waals surface area contributed by atoms with E-state index >= 15 is 0 Å². The van der Waals surface area contributed by atoms with E-state index in [-0.39, 0.29) is 18.4 Å². The number of likely N-dealkylation sites (tertiary alicyclic amines) is 1. The number of pyridine rings is 1. The Morgan fingerprint density at radius 3 is 2.58 bits per heavy atom. The van der Waals surface area contributed by atoms with Crippen molar-refractivity contribution in [2.75, 3.05) is 19.7 Å². The Bertz CT molecular complexity index is 961. The highest BCUT2D eigenvalue weighted by atomic mass is 16.5. The Morgan fingerprint density at radius 1 is 0.968 bits per heavy atom. The lowest BCUT2D eigenvalue weighted by atomic mass is 10.1. The van der Waals surface area contributed by atoms with E-state index in [0.29, 0.717) is 25.4 Å². The summed E-state index contributed by atoms with van der Waals surface area (Å²) in [6, 6.07) is 13.6. The Kier molecular flexibility index (Phi) is 7.05. The van der Waals surface area contributed by atoms with Crippen molar-refractivity contribution in [2.45, 2.75) is 31.8 Å². The number of rotatable bonds is 8. The predicted octanol–water partition coefficient (Wildman–Crippen LogP) is 3.11. The van der Waals surface area contributed by atoms with Gasteiger partial charge >= 0.3 is 0 Å². The second-order valence-corrected chi connectivity index (χ2v) is 7.47. The smallest absolute Gasteiger partial charge is 0.228 e. The topological polar surface area (TPSA) is 77.4 Å². The van der Waals surface area contributed by atoms with Crippen LogP contribution in [0.1, 0.15) is 24.2 Å². The van der Waals surface area contributed by atoms with Gasteiger partial charge in [0.25, 0.3) is 0 Å². The zero-order valence-electron chi connectivity index (χ0n) is 17.4. The zero-order chi connectivity index (χ0) is 21.3. The summed E-state index contributed by atoms with van der Waals surface area (Å²) in [7, 11) is 0. The Hall–Kier alpha value is -3.48. The predicted molar refractivity (Wildman–Crippen MR) is 116 cm³/mol. The van der Waals surface area contributed by atoms with Gasteiger partial charge in [-0.3, -0.25) is 19.7 Å². The number of benzene rings is 1. The molecule has 0 unspecified atom stereocenters. The fraction of sp³-hybridized carbons (Fsp3) is 0.333. The summed E-state index contributed by atoms with van der Waals surface area (Å²) in [5, 5.41) is 0. The third-order valence-corrected chi connectivity index (χ3v) is 5.21. The van der Waals surface area contributed by atoms with Crippen LogP contribution >= 0.6 is 0 Å². The first-order valence-electron chi connectivity index (χ1n) is 10.6. The fourth-order valence-corrected chi connectivity index (χ4v) is 3.56. The molecule has 4 rings (SSSR count). The highest BCUT2D eigenvalue weighted by molar-refractivity contribution is 5.78. The maximum Gasteiger partial charge on any atom is 0.228 e. The van der Waals surface area contributed by atoms with Crippen molar-refractivity contribution in [1.82, 2.24) is 19.9 Å². The molecule has 0 spiro atoms. The van der Waals surface area contributed by atoms with Crippen LogP contribution in [0.5, 0.6) is 11.5 Å². The number of carbonyl (C=O) groups excluding carboxylic acids is 1. The maximum atomic E-state index is 12.5. The average Bonchev–Trinajstić information content (AvgIpc) is 2.81. The molecule has 160 valence electrons. The molecule has 0 N–H and O–H groups in total. The number of amides is 1. The first kappa shape index (κ1) is 20.8. The largest absolute Gasteiger partial charge is 0.493 e. The minimum Gasteiger partial charge on any atom is -0.493 e. The van der Waals surface area contributed by atoms with Crippen molar-refractivity contribution >= 4 is 5.91 Å². The Labute approximate surface area is 182 Å². The molecule has 1 fully saturated rings. The molecule has 7 heteroatoms. The first-order chi connectivity index (χ1) is 15.3. The van der Waals surface area contributed by atoms with Gasteiger partial charge < -0.3 is 14.4 Å². The summed E-state index contributed by atoms with van der Waals surface area (Å²) < 4.78 is 12.0. The van der Waals surface area contributed by atoms with Crippen LogP contribution in [0.3, 0.4) is 0 Å². The number of hydrogen-bond acceptors (Lipinski definition) is 6. The van der Waals surface area contributed by atoms with Crippen LogP contribution in [0.4, 0.5) is 0 Å². The molecule has 1 aliphatic heterocycles. The van der Waals surface area contributed by atoms with Gasteiger partial charge in [0.2, 0.25) is 5.91 Å². The molecular formula is C24H26N4O3. The van der Waals surface area contributed by atoms with Crippen molar-refractivity contribution in [3.05, 3.63) is 78.6 Å². The summed E-state index contributed by atoms with van der Waals surface area (Å²) in [6.45, 7) is 1.93. The van der Waals surface area contributed by atoms with E-state index in [1.807, 2.05) is 47.4 Å². The quantitative estimate of drug-likeness (QED) is 0.559. The molecule has 31 heavy (non-hydrogen) atoms. The molecular weight excluding hydrogens is 392 g/mol. The Balaban J connectivity index is 1.22. The summed E-state index contributed by atoms with van der Waals surface area (Å²) in [5.41, 5.74) is 1.71. The van der Waals surface area contributed by atoms with Crippen LogP contribution < -0.4 is 9.47 Å². The van der Waals surface area contributed by atoms with Crippen LogP contribution in [0.15, 0.2) is 67.3 Å². The number of carbonyl (C=O) groups is 1. The third-order valence-electron chi connectivity index (χ3n) is 5.21. The normalized spacial score (nSPS) is 14.3. The summed E-state index contributed by atoms with van der Waals surface area (Å²) >= 11 is 0. The fourth-order valence-electron chi connectivity index (χ4n) is 3.56. The van der Waals surface area contributed by atoms with Gasteiger partial charge in [-0.15, -0.1) is 0 Å². The first-order valence-corrected chi connectivity index (χ1v) is 10.6. The average molecular weight is 418 g/mol. The van der Waals surface area contributed by atoms with E-state index in [9.17, 15) is 4.79 Å². The molecule has 0 bridgehead atoms. The van der Waals surface area contributed by atoms with Crippen molar-refractivity contribution in [3.8, 4) is 11.5 Å². The van der Waals surface area contributed by atoms with Gasteiger partial charge in [0.15, 0.2) is 0 Å². The SMILES string of the molecule is O=C(Cc1cnccn1)N1CCC(Oc2cccc(OCCc3ccccn3)c2)CC1. The molecule has 0 radical (unpaired) electrons. The van der Waals surface area contributed by atoms with Crippen LogP contribution in [0, 0.1) is 0 Å². The van der Waals surface area contributed by atoms with E-state index in [1.165, 1.54) is 0 Å². The monoisotopic (exact) mass is 418 g/mol. The number of ether oxygens (including phenoxy) is 2. The second kappa shape index (κ2) is 10.5. The van der Waals surface area contributed by atoms with Crippen molar-refractivity contribution in [3.63, 3.8) is 0 Å². The highest BCUT2D eigenvalue weighted by Gasteiger charge is 2.24. The van der Waals surface area contributed by atoms with Crippen molar-refractivity contribution < 1.29 is 14.3 Å². The molecule has 1 saturated heterocycles. The minimum absolute atomic E-state index is 0.0854. The van der Waals surface area contributed by atoms with Crippen LogP contribution in [0.25, 0.3) is 0 Å². The lowest BCUT2D eigenvalue weighted by Crippen LogP contribution is -2.42. The van der Waals surface area contributed by atoms with E-state index in [4.69, 9.17) is 9.47 Å². The number of aromatic nitrogens is 3. The molecule has 3 aromatic rings. The lowest BCUT2D eigenvalue weighted by Gasteiger charge is -2.32. The van der Waals surface area contributed by atoms with E-state index < -0.39 is 0 Å². The molecule has 0 aliphatic carbocycles. The standard InChI is InChI=1S/C24H26N4O3/c29-24(16-20-18-25-11-12-27-20)28-13-7-21(8-14-28)31-23-6-3-5-22(17-23)30-15-9-19-4-1-2-10-26-19/h1-6,10-12,17-18,21H,7-9,13-16H2. The molecule has 0 saturated carbocycles.